The molecule has 0 spiro atoms. The van der Waals surface area contributed by atoms with Gasteiger partial charge in [-0.25, -0.2) is 14.6 Å². The maximum atomic E-state index is 14.4. The van der Waals surface area contributed by atoms with E-state index in [1.807, 2.05) is 5.43 Å². The molecular weight excluding hydrogens is 517 g/mol. The molecule has 10 nitrogen and oxygen atoms in total. The van der Waals surface area contributed by atoms with E-state index >= 15 is 0 Å². The van der Waals surface area contributed by atoms with Crippen LogP contribution in [0.2, 0.25) is 5.02 Å². The van der Waals surface area contributed by atoms with Crippen molar-refractivity contribution in [3.8, 4) is 17.0 Å². The standard InChI is InChI=1S/C20H21ClF5N7O3/c1-28-17(30-27)15(22)18(35)29-12-7-33(8-14(34)32-5-4-20(25,26)9-32)31-16(12)11-6-10(21)2-3-13(11)36-19(23)24/h2-3,6-7,19,28,30H,4-5,8-9,27H2,1H3,(H,29,35)/b17-15-. The molecule has 1 fully saturated rings. The minimum Gasteiger partial charge on any atom is -0.434 e. The van der Waals surface area contributed by atoms with Gasteiger partial charge in [-0.05, 0) is 18.2 Å². The molecule has 2 heterocycles. The maximum Gasteiger partial charge on any atom is 0.387 e. The third kappa shape index (κ3) is 6.34. The number of amides is 2. The number of anilines is 1. The van der Waals surface area contributed by atoms with Crippen LogP contribution in [0.5, 0.6) is 5.75 Å². The van der Waals surface area contributed by atoms with Crippen LogP contribution >= 0.6 is 11.6 Å². The number of likely N-dealkylation sites (tertiary alicyclic amines) is 1. The van der Waals surface area contributed by atoms with E-state index in [-0.39, 0.29) is 34.3 Å². The molecule has 1 aliphatic heterocycles. The number of benzene rings is 1. The van der Waals surface area contributed by atoms with Gasteiger partial charge in [-0.1, -0.05) is 11.6 Å². The van der Waals surface area contributed by atoms with E-state index in [0.717, 1.165) is 21.8 Å². The predicted octanol–water partition coefficient (Wildman–Crippen LogP) is 2.43. The van der Waals surface area contributed by atoms with Crippen LogP contribution in [-0.4, -0.2) is 59.2 Å². The molecule has 0 unspecified atom stereocenters. The second-order valence-electron chi connectivity index (χ2n) is 7.57. The zero-order valence-corrected chi connectivity index (χ0v) is 19.4. The van der Waals surface area contributed by atoms with Crippen molar-refractivity contribution in [3.63, 3.8) is 0 Å². The number of ether oxygens (including phenoxy) is 1. The zero-order valence-electron chi connectivity index (χ0n) is 18.6. The first-order valence-electron chi connectivity index (χ1n) is 10.3. The molecule has 2 amide bonds. The fourth-order valence-electron chi connectivity index (χ4n) is 3.40. The molecule has 1 aromatic carbocycles. The van der Waals surface area contributed by atoms with Crippen molar-refractivity contribution >= 4 is 29.1 Å². The second kappa shape index (κ2) is 11.0. The molecule has 0 radical (unpaired) electrons. The van der Waals surface area contributed by atoms with E-state index in [0.29, 0.717) is 0 Å². The average Bonchev–Trinajstić information content (AvgIpc) is 3.37. The van der Waals surface area contributed by atoms with Gasteiger partial charge in [0.05, 0.1) is 12.2 Å². The molecule has 36 heavy (non-hydrogen) atoms. The Kier molecular flexibility index (Phi) is 8.24. The summed E-state index contributed by atoms with van der Waals surface area (Å²) in [6.07, 6.45) is 0.616. The number of halogens is 6. The number of nitrogens with zero attached hydrogens (tertiary/aromatic N) is 3. The lowest BCUT2D eigenvalue weighted by Crippen LogP contribution is -2.34. The summed E-state index contributed by atoms with van der Waals surface area (Å²) in [6.45, 7) is -4.69. The lowest BCUT2D eigenvalue weighted by atomic mass is 10.1. The molecule has 16 heteroatoms. The summed E-state index contributed by atoms with van der Waals surface area (Å²) in [5.74, 6) is -2.07. The van der Waals surface area contributed by atoms with E-state index in [9.17, 15) is 31.5 Å². The number of rotatable bonds is 9. The van der Waals surface area contributed by atoms with Crippen LogP contribution in [0.4, 0.5) is 27.6 Å². The lowest BCUT2D eigenvalue weighted by Gasteiger charge is -2.15. The van der Waals surface area contributed by atoms with E-state index in [2.05, 4.69) is 20.5 Å². The predicted molar refractivity (Wildman–Crippen MR) is 119 cm³/mol. The molecule has 1 aromatic heterocycles. The first kappa shape index (κ1) is 27.0. The third-order valence-corrected chi connectivity index (χ3v) is 5.29. The maximum absolute atomic E-state index is 14.4. The number of carbonyl (C=O) groups is 2. The highest BCUT2D eigenvalue weighted by Gasteiger charge is 2.40. The number of nitrogens with two attached hydrogens (primary N) is 1. The highest BCUT2D eigenvalue weighted by molar-refractivity contribution is 6.31. The first-order valence-corrected chi connectivity index (χ1v) is 10.6. The monoisotopic (exact) mass is 537 g/mol. The Balaban J connectivity index is 2.01. The van der Waals surface area contributed by atoms with Gasteiger partial charge in [0.25, 0.3) is 11.8 Å². The second-order valence-corrected chi connectivity index (χ2v) is 8.00. The van der Waals surface area contributed by atoms with Gasteiger partial charge < -0.3 is 25.7 Å². The van der Waals surface area contributed by atoms with Gasteiger partial charge in [0.15, 0.2) is 5.82 Å². The van der Waals surface area contributed by atoms with Gasteiger partial charge in [-0.15, -0.1) is 0 Å². The Hall–Kier alpha value is -3.59. The Morgan fingerprint density at radius 3 is 2.64 bits per heavy atom. The van der Waals surface area contributed by atoms with Crippen molar-refractivity contribution in [1.82, 2.24) is 25.4 Å². The topological polar surface area (TPSA) is 127 Å². The summed E-state index contributed by atoms with van der Waals surface area (Å²) in [6, 6.07) is 3.60. The van der Waals surface area contributed by atoms with E-state index in [4.69, 9.17) is 17.4 Å². The van der Waals surface area contributed by atoms with Crippen molar-refractivity contribution in [3.05, 3.63) is 41.1 Å². The summed E-state index contributed by atoms with van der Waals surface area (Å²) in [5.41, 5.74) is 1.41. The van der Waals surface area contributed by atoms with E-state index < -0.39 is 55.5 Å². The molecule has 3 rings (SSSR count). The Morgan fingerprint density at radius 1 is 1.33 bits per heavy atom. The quantitative estimate of drug-likeness (QED) is 0.167. The van der Waals surface area contributed by atoms with Gasteiger partial charge in [0, 0.05) is 36.8 Å². The highest BCUT2D eigenvalue weighted by Crippen LogP contribution is 2.37. The molecule has 0 aliphatic carbocycles. The van der Waals surface area contributed by atoms with Crippen molar-refractivity contribution in [2.24, 2.45) is 5.84 Å². The summed E-state index contributed by atoms with van der Waals surface area (Å²) < 4.78 is 72.9. The SMILES string of the molecule is CN/C(NN)=C(/F)C(=O)Nc1cn(CC(=O)N2CCC(F)(F)C2)nc1-c1cc(Cl)ccc1OC(F)F. The zero-order chi connectivity index (χ0) is 26.6. The van der Waals surface area contributed by atoms with Crippen LogP contribution in [0.3, 0.4) is 0 Å². The fourth-order valence-corrected chi connectivity index (χ4v) is 3.57. The minimum atomic E-state index is -3.22. The normalized spacial score (nSPS) is 15.5. The summed E-state index contributed by atoms with van der Waals surface area (Å²) in [5, 5.41) is 8.75. The van der Waals surface area contributed by atoms with Crippen LogP contribution < -0.4 is 26.6 Å². The molecule has 1 aliphatic rings. The summed E-state index contributed by atoms with van der Waals surface area (Å²) >= 11 is 6.00. The Morgan fingerprint density at radius 2 is 2.06 bits per heavy atom. The number of hydrogen-bond acceptors (Lipinski definition) is 7. The number of hydrogen-bond donors (Lipinski definition) is 4. The van der Waals surface area contributed by atoms with Crippen LogP contribution in [0.15, 0.2) is 36.0 Å². The van der Waals surface area contributed by atoms with Crippen LogP contribution in [0.1, 0.15) is 6.42 Å². The van der Waals surface area contributed by atoms with Crippen molar-refractivity contribution < 1.29 is 36.3 Å². The average molecular weight is 538 g/mol. The van der Waals surface area contributed by atoms with Gasteiger partial charge >= 0.3 is 6.61 Å². The molecule has 1 saturated heterocycles. The van der Waals surface area contributed by atoms with Gasteiger partial charge in [0.2, 0.25) is 11.7 Å². The van der Waals surface area contributed by atoms with E-state index in [1.54, 1.807) is 0 Å². The van der Waals surface area contributed by atoms with Crippen molar-refractivity contribution in [2.75, 3.05) is 25.5 Å². The summed E-state index contributed by atoms with van der Waals surface area (Å²) in [7, 11) is 1.29. The van der Waals surface area contributed by atoms with E-state index in [1.165, 1.54) is 19.2 Å². The Labute approximate surface area is 206 Å². The lowest BCUT2D eigenvalue weighted by molar-refractivity contribution is -0.132. The Bertz CT molecular complexity index is 1170. The number of aromatic nitrogens is 2. The van der Waals surface area contributed by atoms with Crippen molar-refractivity contribution in [2.45, 2.75) is 25.5 Å². The number of carbonyl (C=O) groups excluding carboxylic acids is 2. The minimum absolute atomic E-state index is 0.0877. The third-order valence-electron chi connectivity index (χ3n) is 5.06. The van der Waals surface area contributed by atoms with Gasteiger partial charge in [-0.2, -0.15) is 18.3 Å². The molecule has 0 bridgehead atoms. The van der Waals surface area contributed by atoms with Gasteiger partial charge in [0.1, 0.15) is 18.0 Å². The molecular formula is C20H21ClF5N7O3. The highest BCUT2D eigenvalue weighted by atomic mass is 35.5. The van der Waals surface area contributed by atoms with Crippen LogP contribution in [0.25, 0.3) is 11.3 Å². The number of hydrazine groups is 1. The smallest absolute Gasteiger partial charge is 0.387 e. The van der Waals surface area contributed by atoms with Crippen LogP contribution in [0, 0.1) is 0 Å². The molecule has 5 N–H and O–H groups in total. The molecule has 0 saturated carbocycles. The van der Waals surface area contributed by atoms with Gasteiger partial charge in [-0.3, -0.25) is 14.3 Å². The van der Waals surface area contributed by atoms with Crippen molar-refractivity contribution in [1.29, 1.82) is 0 Å². The largest absolute Gasteiger partial charge is 0.434 e. The first-order chi connectivity index (χ1) is 16.9. The molecule has 2 aromatic rings. The molecule has 196 valence electrons. The summed E-state index contributed by atoms with van der Waals surface area (Å²) in [4.78, 5) is 25.9. The van der Waals surface area contributed by atoms with Crippen LogP contribution in [-0.2, 0) is 16.1 Å². The number of alkyl halides is 4. The fraction of sp³-hybridized carbons (Fsp3) is 0.350. The number of nitrogens with one attached hydrogen (secondary N) is 3. The molecule has 0 atom stereocenters.